The number of aliphatic hydroxyl groups is 2. The average Bonchev–Trinajstić information content (AvgIpc) is 2.06. The zero-order chi connectivity index (χ0) is 8.97. The fourth-order valence-electron chi connectivity index (χ4n) is 0.993. The fraction of sp³-hybridized carbons (Fsp3) is 0.200. The Bertz CT molecular complexity index is 262. The van der Waals surface area contributed by atoms with Crippen LogP contribution in [0.15, 0.2) is 30.8 Å². The van der Waals surface area contributed by atoms with Crippen molar-refractivity contribution in [3.8, 4) is 0 Å². The lowest BCUT2D eigenvalue weighted by Crippen LogP contribution is -1.90. The fourth-order valence-corrected chi connectivity index (χ4v) is 0.993. The third-order valence-electron chi connectivity index (χ3n) is 1.69. The van der Waals surface area contributed by atoms with E-state index < -0.39 is 0 Å². The van der Waals surface area contributed by atoms with E-state index in [1.54, 1.807) is 12.1 Å². The lowest BCUT2D eigenvalue weighted by atomic mass is 10.1. The minimum absolute atomic E-state index is 0.0746. The summed E-state index contributed by atoms with van der Waals surface area (Å²) >= 11 is 0. The smallest absolute Gasteiger partial charge is 0.115 e. The van der Waals surface area contributed by atoms with Gasteiger partial charge in [-0.1, -0.05) is 30.8 Å². The SMILES string of the molecule is C=C(O)c1ccc(CCO)cc1. The monoisotopic (exact) mass is 164 g/mol. The highest BCUT2D eigenvalue weighted by atomic mass is 16.3. The van der Waals surface area contributed by atoms with E-state index >= 15 is 0 Å². The Morgan fingerprint density at radius 1 is 1.25 bits per heavy atom. The first-order chi connectivity index (χ1) is 5.74. The number of aliphatic hydroxyl groups excluding tert-OH is 2. The number of hydrogen-bond donors (Lipinski definition) is 2. The third kappa shape index (κ3) is 2.10. The van der Waals surface area contributed by atoms with Gasteiger partial charge in [0.05, 0.1) is 0 Å². The molecule has 0 fully saturated rings. The maximum atomic E-state index is 9.00. The highest BCUT2D eigenvalue weighted by molar-refractivity contribution is 5.55. The van der Waals surface area contributed by atoms with Gasteiger partial charge < -0.3 is 10.2 Å². The van der Waals surface area contributed by atoms with Crippen LogP contribution in [0.3, 0.4) is 0 Å². The third-order valence-corrected chi connectivity index (χ3v) is 1.69. The molecule has 0 aliphatic rings. The molecule has 0 aliphatic heterocycles. The van der Waals surface area contributed by atoms with Crippen LogP contribution in [0, 0.1) is 0 Å². The van der Waals surface area contributed by atoms with E-state index in [0.717, 1.165) is 11.1 Å². The van der Waals surface area contributed by atoms with E-state index in [1.165, 1.54) is 0 Å². The van der Waals surface area contributed by atoms with Crippen LogP contribution in [0.25, 0.3) is 5.76 Å². The zero-order valence-electron chi connectivity index (χ0n) is 6.83. The topological polar surface area (TPSA) is 40.5 Å². The molecule has 1 aromatic carbocycles. The van der Waals surface area contributed by atoms with Gasteiger partial charge in [-0.15, -0.1) is 0 Å². The van der Waals surface area contributed by atoms with E-state index in [9.17, 15) is 0 Å². The highest BCUT2D eigenvalue weighted by Crippen LogP contribution is 2.10. The quantitative estimate of drug-likeness (QED) is 0.668. The molecular formula is C10H12O2. The van der Waals surface area contributed by atoms with Crippen molar-refractivity contribution in [3.63, 3.8) is 0 Å². The maximum Gasteiger partial charge on any atom is 0.115 e. The summed E-state index contributed by atoms with van der Waals surface area (Å²) in [7, 11) is 0. The molecule has 0 heterocycles. The van der Waals surface area contributed by atoms with Crippen molar-refractivity contribution in [2.45, 2.75) is 6.42 Å². The van der Waals surface area contributed by atoms with Crippen molar-refractivity contribution in [1.29, 1.82) is 0 Å². The summed E-state index contributed by atoms with van der Waals surface area (Å²) in [5, 5.41) is 17.6. The van der Waals surface area contributed by atoms with Crippen LogP contribution >= 0.6 is 0 Å². The molecule has 0 saturated heterocycles. The highest BCUT2D eigenvalue weighted by Gasteiger charge is 1.95. The summed E-state index contributed by atoms with van der Waals surface area (Å²) in [6.07, 6.45) is 0.651. The van der Waals surface area contributed by atoms with Gasteiger partial charge in [-0.3, -0.25) is 0 Å². The predicted octanol–water partition coefficient (Wildman–Crippen LogP) is 1.75. The van der Waals surface area contributed by atoms with Crippen molar-refractivity contribution >= 4 is 5.76 Å². The Morgan fingerprint density at radius 2 is 1.83 bits per heavy atom. The van der Waals surface area contributed by atoms with Gasteiger partial charge >= 0.3 is 0 Å². The molecule has 0 radical (unpaired) electrons. The molecule has 12 heavy (non-hydrogen) atoms. The maximum absolute atomic E-state index is 9.00. The summed E-state index contributed by atoms with van der Waals surface area (Å²) in [6.45, 7) is 3.56. The van der Waals surface area contributed by atoms with E-state index in [-0.39, 0.29) is 12.4 Å². The molecular weight excluding hydrogens is 152 g/mol. The molecule has 1 aromatic rings. The van der Waals surface area contributed by atoms with Gasteiger partial charge in [0.25, 0.3) is 0 Å². The number of hydrogen-bond acceptors (Lipinski definition) is 2. The summed E-state index contributed by atoms with van der Waals surface area (Å²) in [5.74, 6) is 0.0746. The largest absolute Gasteiger partial charge is 0.508 e. The van der Waals surface area contributed by atoms with Crippen LogP contribution in [-0.4, -0.2) is 16.8 Å². The molecule has 64 valence electrons. The minimum Gasteiger partial charge on any atom is -0.508 e. The number of benzene rings is 1. The molecule has 2 nitrogen and oxygen atoms in total. The Hall–Kier alpha value is -1.28. The van der Waals surface area contributed by atoms with Gasteiger partial charge in [0, 0.05) is 12.2 Å². The van der Waals surface area contributed by atoms with Crippen molar-refractivity contribution in [2.24, 2.45) is 0 Å². The average molecular weight is 164 g/mol. The van der Waals surface area contributed by atoms with Crippen molar-refractivity contribution < 1.29 is 10.2 Å². The van der Waals surface area contributed by atoms with E-state index in [2.05, 4.69) is 6.58 Å². The minimum atomic E-state index is 0.0746. The van der Waals surface area contributed by atoms with Gasteiger partial charge in [-0.05, 0) is 12.0 Å². The molecule has 0 saturated carbocycles. The van der Waals surface area contributed by atoms with Gasteiger partial charge in [-0.25, -0.2) is 0 Å². The van der Waals surface area contributed by atoms with Gasteiger partial charge in [0.1, 0.15) is 5.76 Å². The molecule has 0 aliphatic carbocycles. The normalized spacial score (nSPS) is 9.75. The first-order valence-electron chi connectivity index (χ1n) is 3.82. The van der Waals surface area contributed by atoms with E-state index in [0.29, 0.717) is 6.42 Å². The lowest BCUT2D eigenvalue weighted by Gasteiger charge is -2.00. The zero-order valence-corrected chi connectivity index (χ0v) is 6.83. The Balaban J connectivity index is 2.78. The van der Waals surface area contributed by atoms with Gasteiger partial charge in [-0.2, -0.15) is 0 Å². The molecule has 1 rings (SSSR count). The van der Waals surface area contributed by atoms with Crippen molar-refractivity contribution in [2.75, 3.05) is 6.61 Å². The van der Waals surface area contributed by atoms with E-state index in [4.69, 9.17) is 10.2 Å². The van der Waals surface area contributed by atoms with Crippen LogP contribution in [0.2, 0.25) is 0 Å². The van der Waals surface area contributed by atoms with Crippen molar-refractivity contribution in [1.82, 2.24) is 0 Å². The first kappa shape index (κ1) is 8.81. The Morgan fingerprint density at radius 3 is 2.25 bits per heavy atom. The van der Waals surface area contributed by atoms with Crippen LogP contribution in [0.4, 0.5) is 0 Å². The second-order valence-corrected chi connectivity index (χ2v) is 2.62. The molecule has 0 aromatic heterocycles. The molecule has 0 amide bonds. The van der Waals surface area contributed by atoms with Crippen LogP contribution in [0.5, 0.6) is 0 Å². The van der Waals surface area contributed by atoms with Crippen LogP contribution in [-0.2, 0) is 6.42 Å². The molecule has 2 N–H and O–H groups in total. The Kier molecular flexibility index (Phi) is 2.88. The molecule has 0 atom stereocenters. The molecule has 0 unspecified atom stereocenters. The summed E-state index contributed by atoms with van der Waals surface area (Å²) in [4.78, 5) is 0. The second kappa shape index (κ2) is 3.93. The first-order valence-corrected chi connectivity index (χ1v) is 3.82. The summed E-state index contributed by atoms with van der Waals surface area (Å²) < 4.78 is 0. The lowest BCUT2D eigenvalue weighted by molar-refractivity contribution is 0.299. The second-order valence-electron chi connectivity index (χ2n) is 2.62. The molecule has 0 spiro atoms. The standard InChI is InChI=1S/C10H12O2/c1-8(12)10-4-2-9(3-5-10)6-7-11/h2-5,11-12H,1,6-7H2. The Labute approximate surface area is 71.8 Å². The molecule has 2 heteroatoms. The van der Waals surface area contributed by atoms with Gasteiger partial charge in [0.15, 0.2) is 0 Å². The summed E-state index contributed by atoms with van der Waals surface area (Å²) in [6, 6.07) is 7.31. The predicted molar refractivity (Wildman–Crippen MR) is 48.9 cm³/mol. The number of rotatable bonds is 3. The van der Waals surface area contributed by atoms with Crippen molar-refractivity contribution in [3.05, 3.63) is 42.0 Å². The van der Waals surface area contributed by atoms with E-state index in [1.807, 2.05) is 12.1 Å². The summed E-state index contributed by atoms with van der Waals surface area (Å²) in [5.41, 5.74) is 1.78. The molecule has 0 bridgehead atoms. The van der Waals surface area contributed by atoms with Crippen LogP contribution < -0.4 is 0 Å². The van der Waals surface area contributed by atoms with Crippen LogP contribution in [0.1, 0.15) is 11.1 Å². The van der Waals surface area contributed by atoms with Gasteiger partial charge in [0.2, 0.25) is 0 Å².